The normalized spacial score (nSPS) is 30.6. The van der Waals surface area contributed by atoms with Gasteiger partial charge in [-0.05, 0) is 6.07 Å². The van der Waals surface area contributed by atoms with Gasteiger partial charge in [-0.3, -0.25) is 9.09 Å². The fourth-order valence-electron chi connectivity index (χ4n) is 2.74. The summed E-state index contributed by atoms with van der Waals surface area (Å²) in [5.41, 5.74) is 2.15. The fourth-order valence-corrected chi connectivity index (χ4v) is 5.82. The fraction of sp³-hybridized carbons (Fsp3) is 0.636. The van der Waals surface area contributed by atoms with E-state index in [4.69, 9.17) is 25.2 Å². The van der Waals surface area contributed by atoms with Gasteiger partial charge < -0.3 is 35.2 Å². The van der Waals surface area contributed by atoms with Crippen molar-refractivity contribution >= 4 is 29.3 Å². The molecule has 0 aromatic carbocycles. The number of nitrogen functional groups attached to an aromatic ring is 1. The molecule has 1 saturated heterocycles. The predicted octanol–water partition coefficient (Wildman–Crippen LogP) is -0.597. The first-order valence-electron chi connectivity index (χ1n) is 8.06. The molecule has 178 valence electrons. The number of phosphoric ester groups is 1. The molecular weight excluding hydrogens is 494 g/mol. The molecule has 20 heteroatoms. The van der Waals surface area contributed by atoms with Gasteiger partial charge in [-0.2, -0.15) is 13.6 Å². The Kier molecular flexibility index (Phi) is 7.65. The summed E-state index contributed by atoms with van der Waals surface area (Å²) in [6.07, 6.45) is -1.87. The van der Waals surface area contributed by atoms with Gasteiger partial charge in [0.2, 0.25) is 0 Å². The number of hydrogen-bond acceptors (Lipinski definition) is 11. The number of aromatic nitrogens is 2. The van der Waals surface area contributed by atoms with E-state index in [2.05, 4.69) is 18.1 Å². The molecule has 0 spiro atoms. The van der Waals surface area contributed by atoms with Gasteiger partial charge in [-0.15, -0.1) is 0 Å². The van der Waals surface area contributed by atoms with E-state index in [0.717, 1.165) is 10.8 Å². The van der Waals surface area contributed by atoms with Crippen LogP contribution in [0.2, 0.25) is 0 Å². The van der Waals surface area contributed by atoms with Crippen molar-refractivity contribution in [3.05, 3.63) is 22.7 Å². The number of halogens is 1. The second kappa shape index (κ2) is 9.06. The molecule has 0 amide bonds. The van der Waals surface area contributed by atoms with E-state index in [1.54, 1.807) is 0 Å². The lowest BCUT2D eigenvalue weighted by Crippen LogP contribution is -2.47. The Hall–Kier alpha value is -1.06. The van der Waals surface area contributed by atoms with Gasteiger partial charge in [0.1, 0.15) is 24.3 Å². The lowest BCUT2D eigenvalue weighted by Gasteiger charge is -2.29. The zero-order valence-corrected chi connectivity index (χ0v) is 18.2. The zero-order chi connectivity index (χ0) is 23.8. The third-order valence-corrected chi connectivity index (χ3v) is 7.86. The molecule has 31 heavy (non-hydrogen) atoms. The molecule has 0 saturated carbocycles. The van der Waals surface area contributed by atoms with Crippen LogP contribution in [0.3, 0.4) is 0 Å². The summed E-state index contributed by atoms with van der Waals surface area (Å²) in [7, 11) is -17.0. The average molecular weight is 513 g/mol. The van der Waals surface area contributed by atoms with Gasteiger partial charge >= 0.3 is 29.2 Å². The van der Waals surface area contributed by atoms with E-state index in [9.17, 15) is 32.9 Å². The van der Waals surface area contributed by atoms with Crippen LogP contribution in [0.1, 0.15) is 13.2 Å². The van der Waals surface area contributed by atoms with Gasteiger partial charge in [-0.1, -0.05) is 6.92 Å². The number of ether oxygens (including phenoxy) is 1. The maximum absolute atomic E-state index is 13.8. The molecule has 7 N–H and O–H groups in total. The largest absolute Gasteiger partial charge is 0.490 e. The highest BCUT2D eigenvalue weighted by Crippen LogP contribution is 2.66. The van der Waals surface area contributed by atoms with Crippen molar-refractivity contribution in [3.8, 4) is 0 Å². The Morgan fingerprint density at radius 1 is 1.26 bits per heavy atom. The molecule has 1 aliphatic heterocycles. The minimum atomic E-state index is -5.79. The summed E-state index contributed by atoms with van der Waals surface area (Å²) in [5, 5.41) is 10.4. The monoisotopic (exact) mass is 513 g/mol. The number of anilines is 1. The minimum Gasteiger partial charge on any atom is -0.389 e. The van der Waals surface area contributed by atoms with Crippen LogP contribution in [0.15, 0.2) is 17.1 Å². The highest BCUT2D eigenvalue weighted by Gasteiger charge is 2.55. The third kappa shape index (κ3) is 6.48. The highest BCUT2D eigenvalue weighted by molar-refractivity contribution is 7.66. The van der Waals surface area contributed by atoms with E-state index >= 15 is 0 Å². The standard InChI is InChI=1S/C11H19FN3O13P3/c1-6-8(16)11(4-12,26-9(6)15-3-2-7(13)14-10(15)17)5-25-30(21,22)28-31(23,24)27-29(18,19)20/h2-3,6,8-9,16H,4-5H2,1H3,(H,21,22)(H,23,24)(H2,13,14,17)(H2,18,19,20)/t6-,8-,9+,11+/m0/s1. The molecule has 0 radical (unpaired) electrons. The van der Waals surface area contributed by atoms with Gasteiger partial charge in [0, 0.05) is 12.1 Å². The number of alkyl halides is 1. The number of aliphatic hydroxyl groups excluding tert-OH is 1. The van der Waals surface area contributed by atoms with Crippen LogP contribution in [0.25, 0.3) is 0 Å². The zero-order valence-electron chi connectivity index (χ0n) is 15.5. The third-order valence-electron chi connectivity index (χ3n) is 4.08. The topological polar surface area (TPSA) is 250 Å². The Morgan fingerprint density at radius 3 is 2.39 bits per heavy atom. The molecule has 2 heterocycles. The molecule has 0 aliphatic carbocycles. The van der Waals surface area contributed by atoms with Gasteiger partial charge in [0.15, 0.2) is 0 Å². The average Bonchev–Trinajstić information content (AvgIpc) is 2.82. The maximum atomic E-state index is 13.8. The number of hydrogen-bond donors (Lipinski definition) is 6. The Balaban J connectivity index is 2.20. The first-order chi connectivity index (χ1) is 14.0. The van der Waals surface area contributed by atoms with Crippen molar-refractivity contribution in [2.45, 2.75) is 24.9 Å². The minimum absolute atomic E-state index is 0.114. The SMILES string of the molecule is C[C@@H]1[C@H](n2ccc(N)nc2=O)O[C@](CF)(COP(=O)(O)OP(=O)(O)OP(=O)(O)O)[C@H]1O. The highest BCUT2D eigenvalue weighted by atomic mass is 31.3. The van der Waals surface area contributed by atoms with Crippen LogP contribution >= 0.6 is 23.5 Å². The second-order valence-electron chi connectivity index (χ2n) is 6.42. The van der Waals surface area contributed by atoms with Gasteiger partial charge in [0.05, 0.1) is 12.7 Å². The van der Waals surface area contributed by atoms with Crippen molar-refractivity contribution < 1.29 is 60.6 Å². The molecule has 2 unspecified atom stereocenters. The van der Waals surface area contributed by atoms with E-state index in [-0.39, 0.29) is 5.82 Å². The Morgan fingerprint density at radius 2 is 1.87 bits per heavy atom. The van der Waals surface area contributed by atoms with Gasteiger partial charge in [-0.25, -0.2) is 22.9 Å². The maximum Gasteiger partial charge on any atom is 0.490 e. The van der Waals surface area contributed by atoms with Crippen molar-refractivity contribution in [2.75, 3.05) is 19.0 Å². The van der Waals surface area contributed by atoms with Crippen molar-refractivity contribution in [1.82, 2.24) is 9.55 Å². The summed E-state index contributed by atoms with van der Waals surface area (Å²) in [6, 6.07) is 1.23. The quantitative estimate of drug-likeness (QED) is 0.226. The molecule has 2 rings (SSSR count). The lowest BCUT2D eigenvalue weighted by atomic mass is 9.92. The molecule has 0 bridgehead atoms. The van der Waals surface area contributed by atoms with Crippen LogP contribution in [-0.4, -0.2) is 59.2 Å². The number of aliphatic hydroxyl groups is 1. The molecule has 6 atom stereocenters. The molecule has 16 nitrogen and oxygen atoms in total. The summed E-state index contributed by atoms with van der Waals surface area (Å²) in [6.45, 7) is -1.39. The van der Waals surface area contributed by atoms with Crippen LogP contribution < -0.4 is 11.4 Å². The van der Waals surface area contributed by atoms with Gasteiger partial charge in [0.25, 0.3) is 0 Å². The number of rotatable bonds is 9. The Bertz CT molecular complexity index is 1020. The van der Waals surface area contributed by atoms with E-state index in [1.807, 2.05) is 0 Å². The summed E-state index contributed by atoms with van der Waals surface area (Å²) >= 11 is 0. The predicted molar refractivity (Wildman–Crippen MR) is 96.7 cm³/mol. The van der Waals surface area contributed by atoms with Crippen LogP contribution in [0.4, 0.5) is 10.2 Å². The molecule has 1 fully saturated rings. The summed E-state index contributed by atoms with van der Waals surface area (Å²) in [5.74, 6) is -1.10. The Labute approximate surface area is 172 Å². The molecule has 1 aliphatic rings. The first-order valence-corrected chi connectivity index (χ1v) is 12.6. The molecular formula is C11H19FN3O13P3. The number of nitrogens with zero attached hydrogens (tertiary/aromatic N) is 2. The second-order valence-corrected chi connectivity index (χ2v) is 10.8. The van der Waals surface area contributed by atoms with E-state index < -0.39 is 66.3 Å². The number of nitrogens with two attached hydrogens (primary N) is 1. The van der Waals surface area contributed by atoms with Crippen molar-refractivity contribution in [1.29, 1.82) is 0 Å². The first kappa shape index (κ1) is 26.2. The smallest absolute Gasteiger partial charge is 0.389 e. The van der Waals surface area contributed by atoms with E-state index in [0.29, 0.717) is 0 Å². The summed E-state index contributed by atoms with van der Waals surface area (Å²) < 4.78 is 65.4. The summed E-state index contributed by atoms with van der Waals surface area (Å²) in [4.78, 5) is 51.1. The lowest BCUT2D eigenvalue weighted by molar-refractivity contribution is -0.135. The van der Waals surface area contributed by atoms with Crippen LogP contribution in [0, 0.1) is 5.92 Å². The molecule has 1 aromatic heterocycles. The van der Waals surface area contributed by atoms with Crippen molar-refractivity contribution in [3.63, 3.8) is 0 Å². The van der Waals surface area contributed by atoms with E-state index in [1.165, 1.54) is 13.0 Å². The number of phosphoric acid groups is 3. The van der Waals surface area contributed by atoms with Crippen LogP contribution in [-0.2, 0) is 31.6 Å². The van der Waals surface area contributed by atoms with Crippen LogP contribution in [0.5, 0.6) is 0 Å². The van der Waals surface area contributed by atoms with Crippen molar-refractivity contribution in [2.24, 2.45) is 5.92 Å². The molecule has 1 aromatic rings.